The van der Waals surface area contributed by atoms with Crippen LogP contribution in [0.25, 0.3) is 6.08 Å². The largest absolute Gasteiger partial charge is 0.493 e. The molecule has 0 aliphatic carbocycles. The molecule has 3 rings (SSSR count). The van der Waals surface area contributed by atoms with Crippen molar-refractivity contribution in [3.05, 3.63) is 55.5 Å². The molecule has 0 spiro atoms. The van der Waals surface area contributed by atoms with Crippen molar-refractivity contribution in [2.75, 3.05) is 13.7 Å². The Kier molecular flexibility index (Phi) is 7.25. The molecule has 8 heteroatoms. The quantitative estimate of drug-likeness (QED) is 0.390. The number of carbonyl (C=O) groups is 1. The lowest BCUT2D eigenvalue weighted by atomic mass is 10.2. The van der Waals surface area contributed by atoms with E-state index in [9.17, 15) is 4.79 Å². The number of methoxy groups -OCH3 is 1. The van der Waals surface area contributed by atoms with Crippen LogP contribution in [-0.4, -0.2) is 24.8 Å². The Hall–Kier alpha value is -1.71. The van der Waals surface area contributed by atoms with Crippen molar-refractivity contribution in [2.24, 2.45) is 4.99 Å². The van der Waals surface area contributed by atoms with Crippen molar-refractivity contribution >= 4 is 68.8 Å². The number of hydrogen-bond acceptors (Lipinski definition) is 5. The van der Waals surface area contributed by atoms with Gasteiger partial charge in [0.25, 0.3) is 5.91 Å². The number of nitrogens with one attached hydrogen (secondary N) is 1. The Bertz CT molecular complexity index is 962. The molecule has 0 bridgehead atoms. The van der Waals surface area contributed by atoms with Crippen molar-refractivity contribution in [2.45, 2.75) is 13.3 Å². The molecule has 1 N–H and O–H groups in total. The van der Waals surface area contributed by atoms with Gasteiger partial charge in [0, 0.05) is 0 Å². The summed E-state index contributed by atoms with van der Waals surface area (Å²) in [6, 6.07) is 11.1. The highest BCUT2D eigenvalue weighted by atomic mass is 127. The lowest BCUT2D eigenvalue weighted by Crippen LogP contribution is -2.19. The second-order valence-electron chi connectivity index (χ2n) is 5.82. The van der Waals surface area contributed by atoms with Gasteiger partial charge in [0.05, 0.1) is 32.9 Å². The molecule has 0 radical (unpaired) electrons. The van der Waals surface area contributed by atoms with Crippen molar-refractivity contribution in [1.29, 1.82) is 0 Å². The van der Waals surface area contributed by atoms with Crippen molar-refractivity contribution in [1.82, 2.24) is 5.32 Å². The minimum absolute atomic E-state index is 0.198. The number of halogens is 2. The minimum Gasteiger partial charge on any atom is -0.493 e. The van der Waals surface area contributed by atoms with Crippen LogP contribution in [0, 0.1) is 3.57 Å². The highest BCUT2D eigenvalue weighted by molar-refractivity contribution is 14.1. The van der Waals surface area contributed by atoms with E-state index in [1.165, 1.54) is 11.8 Å². The SMILES string of the molecule is CCCOc1c(I)cc(/C=C2\SC(=Nc3ccccc3Cl)NC2=O)cc1OC. The highest BCUT2D eigenvalue weighted by Gasteiger charge is 2.24. The summed E-state index contributed by atoms with van der Waals surface area (Å²) >= 11 is 9.62. The van der Waals surface area contributed by atoms with E-state index in [4.69, 9.17) is 21.1 Å². The molecule has 1 aliphatic heterocycles. The fraction of sp³-hybridized carbons (Fsp3) is 0.200. The zero-order valence-corrected chi connectivity index (χ0v) is 19.0. The van der Waals surface area contributed by atoms with Gasteiger partial charge in [0.1, 0.15) is 0 Å². The Morgan fingerprint density at radius 2 is 2.11 bits per heavy atom. The molecule has 1 fully saturated rings. The maximum absolute atomic E-state index is 12.3. The number of amidine groups is 1. The van der Waals surface area contributed by atoms with Crippen LogP contribution in [-0.2, 0) is 4.79 Å². The first kappa shape index (κ1) is 21.0. The normalized spacial score (nSPS) is 16.5. The number of benzene rings is 2. The number of ether oxygens (including phenoxy) is 2. The number of para-hydroxylation sites is 1. The summed E-state index contributed by atoms with van der Waals surface area (Å²) in [6.07, 6.45) is 2.72. The van der Waals surface area contributed by atoms with E-state index >= 15 is 0 Å². The van der Waals surface area contributed by atoms with Crippen LogP contribution in [0.4, 0.5) is 5.69 Å². The van der Waals surface area contributed by atoms with Crippen molar-refractivity contribution in [3.63, 3.8) is 0 Å². The summed E-state index contributed by atoms with van der Waals surface area (Å²) < 4.78 is 12.2. The van der Waals surface area contributed by atoms with Gasteiger partial charge in [-0.05, 0) is 76.7 Å². The second-order valence-corrected chi connectivity index (χ2v) is 8.42. The summed E-state index contributed by atoms with van der Waals surface area (Å²) in [4.78, 5) is 17.3. The molecule has 5 nitrogen and oxygen atoms in total. The van der Waals surface area contributed by atoms with E-state index in [2.05, 4.69) is 39.8 Å². The van der Waals surface area contributed by atoms with E-state index in [1.807, 2.05) is 30.3 Å². The monoisotopic (exact) mass is 528 g/mol. The molecular formula is C20H18ClIN2O3S. The van der Waals surface area contributed by atoms with E-state index < -0.39 is 0 Å². The van der Waals surface area contributed by atoms with E-state index in [0.717, 1.165) is 21.3 Å². The fourth-order valence-corrected chi connectivity index (χ4v) is 4.24. The van der Waals surface area contributed by atoms with Gasteiger partial charge in [-0.3, -0.25) is 4.79 Å². The zero-order chi connectivity index (χ0) is 20.1. The summed E-state index contributed by atoms with van der Waals surface area (Å²) in [5, 5.41) is 3.80. The predicted octanol–water partition coefficient (Wildman–Crippen LogP) is 5.63. The number of carbonyl (C=O) groups excluding carboxylic acids is 1. The van der Waals surface area contributed by atoms with Crippen LogP contribution in [0.2, 0.25) is 5.02 Å². The first-order chi connectivity index (χ1) is 13.5. The maximum Gasteiger partial charge on any atom is 0.264 e. The Morgan fingerprint density at radius 3 is 2.82 bits per heavy atom. The molecule has 28 heavy (non-hydrogen) atoms. The van der Waals surface area contributed by atoms with E-state index in [-0.39, 0.29) is 5.91 Å². The molecular weight excluding hydrogens is 511 g/mol. The van der Waals surface area contributed by atoms with E-state index in [1.54, 1.807) is 19.2 Å². The van der Waals surface area contributed by atoms with Gasteiger partial charge >= 0.3 is 0 Å². The standard InChI is InChI=1S/C20H18ClIN2O3S/c1-3-8-27-18-14(22)9-12(10-16(18)26-2)11-17-19(25)24-20(28-17)23-15-7-5-4-6-13(15)21/h4-7,9-11H,3,8H2,1-2H3,(H,23,24,25)/b17-11-. The van der Waals surface area contributed by atoms with Gasteiger partial charge in [-0.2, -0.15) is 0 Å². The summed E-state index contributed by atoms with van der Waals surface area (Å²) in [5.41, 5.74) is 1.46. The molecule has 2 aromatic rings. The third-order valence-electron chi connectivity index (χ3n) is 3.73. The summed E-state index contributed by atoms with van der Waals surface area (Å²) in [7, 11) is 1.60. The van der Waals surface area contributed by atoms with Gasteiger partial charge in [-0.1, -0.05) is 30.7 Å². The molecule has 146 valence electrons. The average molecular weight is 529 g/mol. The number of amides is 1. The molecule has 1 aliphatic rings. The van der Waals surface area contributed by atoms with Crippen LogP contribution >= 0.6 is 46.0 Å². The molecule has 1 heterocycles. The van der Waals surface area contributed by atoms with Gasteiger partial charge in [-0.15, -0.1) is 0 Å². The number of aliphatic imine (C=N–C) groups is 1. The van der Waals surface area contributed by atoms with Gasteiger partial charge in [0.2, 0.25) is 0 Å². The number of rotatable bonds is 6. The molecule has 0 atom stereocenters. The Morgan fingerprint density at radius 1 is 1.32 bits per heavy atom. The van der Waals surface area contributed by atoms with Crippen LogP contribution < -0.4 is 14.8 Å². The third-order valence-corrected chi connectivity index (χ3v) is 5.76. The van der Waals surface area contributed by atoms with Gasteiger partial charge in [0.15, 0.2) is 16.7 Å². The number of thioether (sulfide) groups is 1. The lowest BCUT2D eigenvalue weighted by molar-refractivity contribution is -0.115. The molecule has 0 unspecified atom stereocenters. The number of hydrogen-bond donors (Lipinski definition) is 1. The van der Waals surface area contributed by atoms with Crippen LogP contribution in [0.5, 0.6) is 11.5 Å². The predicted molar refractivity (Wildman–Crippen MR) is 124 cm³/mol. The molecule has 0 aromatic heterocycles. The molecule has 2 aromatic carbocycles. The fourth-order valence-electron chi connectivity index (χ4n) is 2.45. The average Bonchev–Trinajstić information content (AvgIpc) is 3.01. The molecule has 1 saturated heterocycles. The van der Waals surface area contributed by atoms with E-state index in [0.29, 0.717) is 33.1 Å². The lowest BCUT2D eigenvalue weighted by Gasteiger charge is -2.13. The van der Waals surface area contributed by atoms with Crippen LogP contribution in [0.1, 0.15) is 18.9 Å². The number of nitrogens with zero attached hydrogens (tertiary/aromatic N) is 1. The summed E-state index contributed by atoms with van der Waals surface area (Å²) in [5.74, 6) is 1.16. The topological polar surface area (TPSA) is 59.9 Å². The van der Waals surface area contributed by atoms with Crippen molar-refractivity contribution < 1.29 is 14.3 Å². The van der Waals surface area contributed by atoms with Crippen LogP contribution in [0.3, 0.4) is 0 Å². The Labute approximate surface area is 186 Å². The first-order valence-electron chi connectivity index (χ1n) is 8.56. The molecule has 1 amide bonds. The minimum atomic E-state index is -0.198. The Balaban J connectivity index is 1.86. The van der Waals surface area contributed by atoms with Gasteiger partial charge in [-0.25, -0.2) is 4.99 Å². The van der Waals surface area contributed by atoms with Crippen LogP contribution in [0.15, 0.2) is 46.3 Å². The zero-order valence-electron chi connectivity index (χ0n) is 15.3. The second kappa shape index (κ2) is 9.67. The maximum atomic E-state index is 12.3. The first-order valence-corrected chi connectivity index (χ1v) is 10.8. The van der Waals surface area contributed by atoms with Crippen molar-refractivity contribution in [3.8, 4) is 11.5 Å². The third kappa shape index (κ3) is 5.01. The smallest absolute Gasteiger partial charge is 0.264 e. The molecule has 0 saturated carbocycles. The highest BCUT2D eigenvalue weighted by Crippen LogP contribution is 2.36. The summed E-state index contributed by atoms with van der Waals surface area (Å²) in [6.45, 7) is 2.67. The van der Waals surface area contributed by atoms with Gasteiger partial charge < -0.3 is 14.8 Å².